The smallest absolute Gasteiger partial charge is 0.159 e. The Balaban J connectivity index is 2.07. The van der Waals surface area contributed by atoms with E-state index in [0.717, 1.165) is 5.56 Å². The van der Waals surface area contributed by atoms with E-state index < -0.39 is 6.04 Å². The zero-order valence-corrected chi connectivity index (χ0v) is 11.2. The lowest BCUT2D eigenvalue weighted by Crippen LogP contribution is -2.27. The van der Waals surface area contributed by atoms with Gasteiger partial charge in [-0.3, -0.25) is 4.79 Å². The standard InChI is InChI=1S/C14H12ClN3O2/c15-10-3-1-2-9(4-10)12-5-11(19)6-13(20)14(12)18-8-16-7-17-18/h1-4,6-8,12,14,20H,5H2/t12-,14+/m0/s1. The maximum absolute atomic E-state index is 11.7. The number of aromatic nitrogens is 3. The molecule has 0 bridgehead atoms. The number of carbonyl (C=O) groups excluding carboxylic acids is 1. The fourth-order valence-electron chi connectivity index (χ4n) is 2.56. The SMILES string of the molecule is O=C1C=C(O)[C@H](n2cncn2)[C@H](c2cccc(Cl)c2)C1. The molecule has 2 aromatic rings. The molecule has 6 heteroatoms. The van der Waals surface area contributed by atoms with Crippen molar-refractivity contribution in [3.05, 3.63) is 59.3 Å². The molecule has 2 atom stereocenters. The first-order chi connectivity index (χ1) is 9.65. The van der Waals surface area contributed by atoms with E-state index in [2.05, 4.69) is 10.1 Å². The summed E-state index contributed by atoms with van der Waals surface area (Å²) in [5.41, 5.74) is 0.894. The first-order valence-corrected chi connectivity index (χ1v) is 6.56. The van der Waals surface area contributed by atoms with Gasteiger partial charge >= 0.3 is 0 Å². The van der Waals surface area contributed by atoms with Crippen LogP contribution in [0.5, 0.6) is 0 Å². The zero-order chi connectivity index (χ0) is 14.1. The van der Waals surface area contributed by atoms with Gasteiger partial charge in [0.1, 0.15) is 24.5 Å². The highest BCUT2D eigenvalue weighted by Crippen LogP contribution is 2.39. The van der Waals surface area contributed by atoms with E-state index in [9.17, 15) is 9.90 Å². The van der Waals surface area contributed by atoms with Crippen molar-refractivity contribution < 1.29 is 9.90 Å². The molecule has 0 saturated heterocycles. The van der Waals surface area contributed by atoms with E-state index in [1.807, 2.05) is 18.2 Å². The number of halogens is 1. The molecule has 0 amide bonds. The second kappa shape index (κ2) is 5.09. The van der Waals surface area contributed by atoms with Crippen LogP contribution in [0, 0.1) is 0 Å². The van der Waals surface area contributed by atoms with Crippen molar-refractivity contribution in [3.8, 4) is 0 Å². The summed E-state index contributed by atoms with van der Waals surface area (Å²) in [7, 11) is 0. The lowest BCUT2D eigenvalue weighted by molar-refractivity contribution is -0.116. The number of ketones is 1. The third-order valence-electron chi connectivity index (χ3n) is 3.41. The van der Waals surface area contributed by atoms with Crippen LogP contribution in [-0.2, 0) is 4.79 Å². The highest BCUT2D eigenvalue weighted by Gasteiger charge is 2.34. The molecule has 1 aliphatic carbocycles. The number of allylic oxidation sites excluding steroid dienone is 2. The van der Waals surface area contributed by atoms with Crippen molar-refractivity contribution >= 4 is 17.4 Å². The van der Waals surface area contributed by atoms with Gasteiger partial charge in [0.25, 0.3) is 0 Å². The second-order valence-corrected chi connectivity index (χ2v) is 5.16. The minimum absolute atomic E-state index is 0.00303. The molecule has 1 aromatic carbocycles. The molecule has 0 saturated carbocycles. The normalized spacial score (nSPS) is 22.6. The Morgan fingerprint density at radius 3 is 2.95 bits per heavy atom. The Bertz CT molecular complexity index is 667. The second-order valence-electron chi connectivity index (χ2n) is 4.72. The van der Waals surface area contributed by atoms with Gasteiger partial charge in [-0.05, 0) is 17.7 Å². The quantitative estimate of drug-likeness (QED) is 0.923. The van der Waals surface area contributed by atoms with Gasteiger partial charge in [0.2, 0.25) is 0 Å². The van der Waals surface area contributed by atoms with E-state index in [0.29, 0.717) is 11.4 Å². The molecular formula is C14H12ClN3O2. The minimum atomic E-state index is -0.436. The predicted octanol–water partition coefficient (Wildman–Crippen LogP) is 2.67. The van der Waals surface area contributed by atoms with Gasteiger partial charge in [0.05, 0.1) is 0 Å². The van der Waals surface area contributed by atoms with Crippen molar-refractivity contribution in [1.29, 1.82) is 0 Å². The van der Waals surface area contributed by atoms with Crippen LogP contribution < -0.4 is 0 Å². The largest absolute Gasteiger partial charge is 0.510 e. The molecule has 1 aromatic heterocycles. The summed E-state index contributed by atoms with van der Waals surface area (Å²) in [6, 6.07) is 6.87. The van der Waals surface area contributed by atoms with Crippen LogP contribution in [0.2, 0.25) is 5.02 Å². The van der Waals surface area contributed by atoms with Crippen molar-refractivity contribution in [2.45, 2.75) is 18.4 Å². The van der Waals surface area contributed by atoms with Gasteiger partial charge in [0.15, 0.2) is 5.78 Å². The molecule has 0 radical (unpaired) electrons. The van der Waals surface area contributed by atoms with Gasteiger partial charge in [-0.2, -0.15) is 5.10 Å². The molecule has 102 valence electrons. The van der Waals surface area contributed by atoms with Crippen molar-refractivity contribution in [2.24, 2.45) is 0 Å². The van der Waals surface area contributed by atoms with Crippen LogP contribution in [0.25, 0.3) is 0 Å². The highest BCUT2D eigenvalue weighted by atomic mass is 35.5. The number of benzene rings is 1. The molecule has 0 fully saturated rings. The summed E-state index contributed by atoms with van der Waals surface area (Å²) in [5.74, 6) is -0.325. The van der Waals surface area contributed by atoms with Crippen LogP contribution in [0.15, 0.2) is 48.8 Å². The topological polar surface area (TPSA) is 68.0 Å². The predicted molar refractivity (Wildman–Crippen MR) is 73.6 cm³/mol. The summed E-state index contributed by atoms with van der Waals surface area (Å²) in [6.45, 7) is 0. The number of carbonyl (C=O) groups is 1. The minimum Gasteiger partial charge on any atom is -0.510 e. The molecule has 3 rings (SSSR count). The lowest BCUT2D eigenvalue weighted by atomic mass is 9.82. The van der Waals surface area contributed by atoms with Crippen LogP contribution >= 0.6 is 11.6 Å². The Morgan fingerprint density at radius 1 is 1.40 bits per heavy atom. The third kappa shape index (κ3) is 2.32. The molecule has 5 nitrogen and oxygen atoms in total. The summed E-state index contributed by atoms with van der Waals surface area (Å²) >= 11 is 6.01. The average Bonchev–Trinajstić information content (AvgIpc) is 2.91. The number of hydrogen-bond acceptors (Lipinski definition) is 4. The first kappa shape index (κ1) is 12.9. The van der Waals surface area contributed by atoms with Crippen LogP contribution in [0.1, 0.15) is 23.9 Å². The summed E-state index contributed by atoms with van der Waals surface area (Å²) in [6.07, 6.45) is 4.49. The zero-order valence-electron chi connectivity index (χ0n) is 10.5. The molecule has 0 aliphatic heterocycles. The Labute approximate surface area is 120 Å². The summed E-state index contributed by atoms with van der Waals surface area (Å²) in [5, 5.41) is 14.8. The van der Waals surface area contributed by atoms with Crippen LogP contribution in [0.4, 0.5) is 0 Å². The van der Waals surface area contributed by atoms with E-state index in [4.69, 9.17) is 11.6 Å². The average molecular weight is 290 g/mol. The molecule has 1 aliphatic rings. The van der Waals surface area contributed by atoms with Crippen LogP contribution in [0.3, 0.4) is 0 Å². The van der Waals surface area contributed by atoms with Gasteiger partial charge < -0.3 is 5.11 Å². The number of rotatable bonds is 2. The number of hydrogen-bond donors (Lipinski definition) is 1. The highest BCUT2D eigenvalue weighted by molar-refractivity contribution is 6.30. The maximum Gasteiger partial charge on any atom is 0.159 e. The van der Waals surface area contributed by atoms with Gasteiger partial charge in [-0.25, -0.2) is 9.67 Å². The molecule has 0 spiro atoms. The van der Waals surface area contributed by atoms with Crippen molar-refractivity contribution in [3.63, 3.8) is 0 Å². The Kier molecular flexibility index (Phi) is 3.28. The van der Waals surface area contributed by atoms with E-state index in [1.165, 1.54) is 18.7 Å². The number of aliphatic hydroxyl groups is 1. The molecule has 1 heterocycles. The van der Waals surface area contributed by atoms with Gasteiger partial charge in [-0.1, -0.05) is 23.7 Å². The number of nitrogens with zero attached hydrogens (tertiary/aromatic N) is 3. The molecular weight excluding hydrogens is 278 g/mol. The fraction of sp³-hybridized carbons (Fsp3) is 0.214. The van der Waals surface area contributed by atoms with E-state index >= 15 is 0 Å². The van der Waals surface area contributed by atoms with Gasteiger partial charge in [0, 0.05) is 23.4 Å². The van der Waals surface area contributed by atoms with Crippen molar-refractivity contribution in [2.75, 3.05) is 0 Å². The van der Waals surface area contributed by atoms with Crippen LogP contribution in [-0.4, -0.2) is 25.7 Å². The monoisotopic (exact) mass is 289 g/mol. The fourth-order valence-corrected chi connectivity index (χ4v) is 2.76. The molecule has 0 unspecified atom stereocenters. The first-order valence-electron chi connectivity index (χ1n) is 6.18. The Hall–Kier alpha value is -2.14. The summed E-state index contributed by atoms with van der Waals surface area (Å²) in [4.78, 5) is 15.6. The van der Waals surface area contributed by atoms with E-state index in [-0.39, 0.29) is 17.5 Å². The number of aliphatic hydroxyl groups excluding tert-OH is 1. The lowest BCUT2D eigenvalue weighted by Gasteiger charge is -2.29. The third-order valence-corrected chi connectivity index (χ3v) is 3.65. The molecule has 1 N–H and O–H groups in total. The van der Waals surface area contributed by atoms with Gasteiger partial charge in [-0.15, -0.1) is 0 Å². The Morgan fingerprint density at radius 2 is 2.25 bits per heavy atom. The molecule has 20 heavy (non-hydrogen) atoms. The summed E-state index contributed by atoms with van der Waals surface area (Å²) < 4.78 is 1.56. The maximum atomic E-state index is 11.7. The van der Waals surface area contributed by atoms with Crippen molar-refractivity contribution in [1.82, 2.24) is 14.8 Å². The van der Waals surface area contributed by atoms with E-state index in [1.54, 1.807) is 10.7 Å².